The molecule has 0 spiro atoms. The van der Waals surface area contributed by atoms with Crippen molar-refractivity contribution in [2.75, 3.05) is 0 Å². The second-order valence-corrected chi connectivity index (χ2v) is 4.53. The second kappa shape index (κ2) is 7.02. The molecule has 0 unspecified atom stereocenters. The third-order valence-electron chi connectivity index (χ3n) is 3.13. The molecular weight excluding hydrogens is 248 g/mol. The van der Waals surface area contributed by atoms with E-state index in [1.165, 1.54) is 18.9 Å². The van der Waals surface area contributed by atoms with Crippen LogP contribution in [-0.4, -0.2) is 6.21 Å². The molecule has 0 fully saturated rings. The lowest BCUT2D eigenvalue weighted by Gasteiger charge is -2.08. The van der Waals surface area contributed by atoms with E-state index in [2.05, 4.69) is 11.2 Å². The summed E-state index contributed by atoms with van der Waals surface area (Å²) in [5, 5.41) is 3.85. The molecule has 2 rings (SSSR count). The Hall–Kier alpha value is -1.71. The van der Waals surface area contributed by atoms with Crippen molar-refractivity contribution in [1.29, 1.82) is 0 Å². The highest BCUT2D eigenvalue weighted by atomic mass is 19.3. The Bertz CT molecular complexity index is 469. The zero-order valence-electron chi connectivity index (χ0n) is 10.7. The fraction of sp³-hybridized carbons (Fsp3) is 0.400. The van der Waals surface area contributed by atoms with E-state index in [1.807, 2.05) is 0 Å². The number of oxime groups is 1. The lowest BCUT2D eigenvalue weighted by atomic mass is 10.0. The Labute approximate surface area is 111 Å². The molecule has 0 amide bonds. The molecule has 1 aromatic carbocycles. The van der Waals surface area contributed by atoms with Gasteiger partial charge in [0, 0.05) is 11.1 Å². The molecule has 0 saturated carbocycles. The first-order valence-corrected chi connectivity index (χ1v) is 6.47. The fourth-order valence-corrected chi connectivity index (χ4v) is 2.07. The first-order chi connectivity index (χ1) is 9.27. The predicted octanol–water partition coefficient (Wildman–Crippen LogP) is 4.63. The maximum atomic E-state index is 12.7. The average Bonchev–Trinajstić information content (AvgIpc) is 2.45. The topological polar surface area (TPSA) is 21.6 Å². The minimum absolute atomic E-state index is 0.00887. The molecule has 102 valence electrons. The van der Waals surface area contributed by atoms with Crippen LogP contribution in [0, 0.1) is 0 Å². The Morgan fingerprint density at radius 2 is 2.11 bits per heavy atom. The van der Waals surface area contributed by atoms with Gasteiger partial charge in [0.1, 0.15) is 6.61 Å². The van der Waals surface area contributed by atoms with Gasteiger partial charge in [-0.3, -0.25) is 0 Å². The van der Waals surface area contributed by atoms with E-state index in [4.69, 9.17) is 4.84 Å². The molecule has 0 aliphatic heterocycles. The van der Waals surface area contributed by atoms with Crippen molar-refractivity contribution in [3.05, 3.63) is 47.0 Å². The number of halogens is 2. The van der Waals surface area contributed by atoms with Crippen LogP contribution in [0.15, 0.2) is 41.1 Å². The van der Waals surface area contributed by atoms with Gasteiger partial charge in [-0.2, -0.15) is 0 Å². The van der Waals surface area contributed by atoms with Crippen LogP contribution >= 0.6 is 0 Å². The van der Waals surface area contributed by atoms with Crippen molar-refractivity contribution >= 4 is 6.21 Å². The smallest absolute Gasteiger partial charge is 0.264 e. The third-order valence-corrected chi connectivity index (χ3v) is 3.13. The fourth-order valence-electron chi connectivity index (χ4n) is 2.07. The van der Waals surface area contributed by atoms with Crippen molar-refractivity contribution in [2.45, 2.75) is 38.7 Å². The van der Waals surface area contributed by atoms with Crippen molar-refractivity contribution in [3.63, 3.8) is 0 Å². The monoisotopic (exact) mass is 265 g/mol. The van der Waals surface area contributed by atoms with Crippen LogP contribution in [0.25, 0.3) is 0 Å². The molecule has 0 saturated heterocycles. The third kappa shape index (κ3) is 4.16. The van der Waals surface area contributed by atoms with Crippen LogP contribution in [0.5, 0.6) is 0 Å². The Kier molecular flexibility index (Phi) is 5.07. The number of benzene rings is 1. The minimum atomic E-state index is -2.48. The number of allylic oxidation sites excluding steroid dienone is 2. The quantitative estimate of drug-likeness (QED) is 0.562. The molecule has 0 N–H and O–H groups in total. The first-order valence-electron chi connectivity index (χ1n) is 6.47. The summed E-state index contributed by atoms with van der Waals surface area (Å²) in [5.74, 6) is 0. The Morgan fingerprint density at radius 3 is 2.84 bits per heavy atom. The average molecular weight is 265 g/mol. The predicted molar refractivity (Wildman–Crippen MR) is 71.2 cm³/mol. The first kappa shape index (κ1) is 13.7. The Balaban J connectivity index is 1.89. The molecule has 2 nitrogen and oxygen atoms in total. The molecule has 1 aromatic rings. The van der Waals surface area contributed by atoms with Gasteiger partial charge >= 0.3 is 0 Å². The van der Waals surface area contributed by atoms with E-state index >= 15 is 0 Å². The largest absolute Gasteiger partial charge is 0.391 e. The van der Waals surface area contributed by atoms with Crippen molar-refractivity contribution in [3.8, 4) is 0 Å². The van der Waals surface area contributed by atoms with Crippen LogP contribution in [-0.2, 0) is 11.4 Å². The minimum Gasteiger partial charge on any atom is -0.391 e. The van der Waals surface area contributed by atoms with Crippen molar-refractivity contribution in [1.82, 2.24) is 0 Å². The zero-order valence-corrected chi connectivity index (χ0v) is 10.7. The molecule has 0 aromatic heterocycles. The molecule has 4 heteroatoms. The number of alkyl halides is 2. The van der Waals surface area contributed by atoms with Gasteiger partial charge in [-0.05, 0) is 31.3 Å². The molecule has 0 heterocycles. The van der Waals surface area contributed by atoms with Crippen LogP contribution in [0.4, 0.5) is 8.78 Å². The van der Waals surface area contributed by atoms with Gasteiger partial charge in [-0.1, -0.05) is 35.5 Å². The summed E-state index contributed by atoms with van der Waals surface area (Å²) in [7, 11) is 0. The van der Waals surface area contributed by atoms with Crippen molar-refractivity contribution in [2.24, 2.45) is 5.16 Å². The van der Waals surface area contributed by atoms with E-state index in [9.17, 15) is 8.78 Å². The highest BCUT2D eigenvalue weighted by Crippen LogP contribution is 2.23. The Morgan fingerprint density at radius 1 is 1.26 bits per heavy atom. The number of nitrogens with zero attached hydrogens (tertiary/aromatic N) is 1. The van der Waals surface area contributed by atoms with Gasteiger partial charge < -0.3 is 4.84 Å². The van der Waals surface area contributed by atoms with E-state index in [0.29, 0.717) is 5.56 Å². The van der Waals surface area contributed by atoms with Gasteiger partial charge in [-0.15, -0.1) is 0 Å². The second-order valence-electron chi connectivity index (χ2n) is 4.53. The lowest BCUT2D eigenvalue weighted by Crippen LogP contribution is -1.97. The highest BCUT2D eigenvalue weighted by molar-refractivity contribution is 5.78. The summed E-state index contributed by atoms with van der Waals surface area (Å²) < 4.78 is 25.4. The van der Waals surface area contributed by atoms with Crippen LogP contribution in [0.1, 0.15) is 43.2 Å². The molecule has 1 aliphatic rings. The SMILES string of the molecule is FC(F)c1ccccc1CON=CC1=CCCCC1. The van der Waals surface area contributed by atoms with Gasteiger partial charge in [0.2, 0.25) is 0 Å². The van der Waals surface area contributed by atoms with Gasteiger partial charge in [0.05, 0.1) is 6.21 Å². The van der Waals surface area contributed by atoms with E-state index in [-0.39, 0.29) is 12.2 Å². The molecule has 1 aliphatic carbocycles. The number of hydrogen-bond donors (Lipinski definition) is 0. The summed E-state index contributed by atoms with van der Waals surface area (Å²) in [4.78, 5) is 5.11. The van der Waals surface area contributed by atoms with Gasteiger partial charge in [0.25, 0.3) is 6.43 Å². The highest BCUT2D eigenvalue weighted by Gasteiger charge is 2.11. The molecule has 0 atom stereocenters. The summed E-state index contributed by atoms with van der Waals surface area (Å²) in [6.07, 6.45) is 5.83. The van der Waals surface area contributed by atoms with Gasteiger partial charge in [-0.25, -0.2) is 8.78 Å². The lowest BCUT2D eigenvalue weighted by molar-refractivity contribution is 0.119. The molecule has 0 bridgehead atoms. The standard InChI is InChI=1S/C15H17F2NO/c16-15(17)14-9-5-4-8-13(14)11-19-18-10-12-6-2-1-3-7-12/h4-6,8-10,15H,1-3,7,11H2. The normalized spacial score (nSPS) is 15.8. The summed E-state index contributed by atoms with van der Waals surface area (Å²) in [6, 6.07) is 6.37. The van der Waals surface area contributed by atoms with Crippen LogP contribution in [0.3, 0.4) is 0 Å². The maximum absolute atomic E-state index is 12.7. The summed E-state index contributed by atoms with van der Waals surface area (Å²) >= 11 is 0. The summed E-state index contributed by atoms with van der Waals surface area (Å²) in [6.45, 7) is 0.0737. The summed E-state index contributed by atoms with van der Waals surface area (Å²) in [5.41, 5.74) is 1.65. The number of hydrogen-bond acceptors (Lipinski definition) is 2. The van der Waals surface area contributed by atoms with E-state index in [0.717, 1.165) is 18.4 Å². The van der Waals surface area contributed by atoms with E-state index < -0.39 is 6.43 Å². The maximum Gasteiger partial charge on any atom is 0.264 e. The van der Waals surface area contributed by atoms with Gasteiger partial charge in [0.15, 0.2) is 0 Å². The zero-order chi connectivity index (χ0) is 13.5. The molecule has 19 heavy (non-hydrogen) atoms. The van der Waals surface area contributed by atoms with Crippen molar-refractivity contribution < 1.29 is 13.6 Å². The van der Waals surface area contributed by atoms with Crippen LogP contribution in [0.2, 0.25) is 0 Å². The van der Waals surface area contributed by atoms with Crippen LogP contribution < -0.4 is 0 Å². The molecule has 0 radical (unpaired) electrons. The number of rotatable bonds is 5. The van der Waals surface area contributed by atoms with E-state index in [1.54, 1.807) is 24.4 Å². The molecular formula is C15H17F2NO.